The first kappa shape index (κ1) is 16.2. The first-order valence-corrected chi connectivity index (χ1v) is 10.1. The van der Waals surface area contributed by atoms with Gasteiger partial charge in [0.05, 0.1) is 22.8 Å². The third kappa shape index (κ3) is 4.22. The van der Waals surface area contributed by atoms with Crippen LogP contribution in [0.15, 0.2) is 18.5 Å². The van der Waals surface area contributed by atoms with Crippen LogP contribution in [0.1, 0.15) is 42.5 Å². The molecule has 0 aliphatic carbocycles. The highest BCUT2D eigenvalue weighted by Gasteiger charge is 2.28. The summed E-state index contributed by atoms with van der Waals surface area (Å²) in [5, 5.41) is 3.19. The van der Waals surface area contributed by atoms with Gasteiger partial charge in [0.25, 0.3) is 5.91 Å². The number of hydrogen-bond donors (Lipinski definition) is 1. The Morgan fingerprint density at radius 3 is 2.57 bits per heavy atom. The Balaban J connectivity index is 1.68. The van der Waals surface area contributed by atoms with Crippen molar-refractivity contribution >= 4 is 21.4 Å². The molecule has 7 heteroatoms. The molecule has 1 atom stereocenters. The molecule has 6 nitrogen and oxygen atoms in total. The van der Waals surface area contributed by atoms with Crippen molar-refractivity contribution in [2.45, 2.75) is 38.1 Å². The monoisotopic (exact) mass is 337 g/mol. The first-order chi connectivity index (χ1) is 11.0. The van der Waals surface area contributed by atoms with Gasteiger partial charge in [0.1, 0.15) is 0 Å². The Hall–Kier alpha value is -1.63. The fourth-order valence-corrected chi connectivity index (χ4v) is 4.91. The van der Waals surface area contributed by atoms with Gasteiger partial charge in [-0.15, -0.1) is 0 Å². The molecule has 0 saturated carbocycles. The van der Waals surface area contributed by atoms with Gasteiger partial charge in [0.15, 0.2) is 9.84 Å². The lowest BCUT2D eigenvalue weighted by molar-refractivity contribution is 0.0761. The van der Waals surface area contributed by atoms with Gasteiger partial charge < -0.3 is 10.2 Å². The van der Waals surface area contributed by atoms with Crippen molar-refractivity contribution in [1.29, 1.82) is 0 Å². The van der Waals surface area contributed by atoms with Crippen molar-refractivity contribution in [2.75, 3.05) is 29.9 Å². The number of pyridine rings is 1. The maximum atomic E-state index is 12.6. The molecular weight excluding hydrogens is 314 g/mol. The van der Waals surface area contributed by atoms with Crippen molar-refractivity contribution < 1.29 is 13.2 Å². The number of sulfone groups is 1. The summed E-state index contributed by atoms with van der Waals surface area (Å²) in [5.41, 5.74) is 1.28. The molecule has 1 unspecified atom stereocenters. The summed E-state index contributed by atoms with van der Waals surface area (Å²) in [5.74, 6) is 0.393. The van der Waals surface area contributed by atoms with Crippen LogP contribution >= 0.6 is 0 Å². The Morgan fingerprint density at radius 2 is 1.91 bits per heavy atom. The highest BCUT2D eigenvalue weighted by Crippen LogP contribution is 2.19. The number of aromatic nitrogens is 1. The molecule has 0 radical (unpaired) electrons. The minimum Gasteiger partial charge on any atom is -0.380 e. The zero-order valence-electron chi connectivity index (χ0n) is 13.2. The number of amides is 1. The number of nitrogens with zero attached hydrogens (tertiary/aromatic N) is 2. The molecule has 126 valence electrons. The van der Waals surface area contributed by atoms with E-state index in [1.807, 2.05) is 4.90 Å². The van der Waals surface area contributed by atoms with Gasteiger partial charge in [-0.3, -0.25) is 9.78 Å². The third-order valence-corrected chi connectivity index (χ3v) is 6.25. The molecule has 2 fully saturated rings. The number of likely N-dealkylation sites (tertiary alicyclic amines) is 1. The van der Waals surface area contributed by atoms with E-state index in [4.69, 9.17) is 0 Å². The Morgan fingerprint density at radius 1 is 1.17 bits per heavy atom. The van der Waals surface area contributed by atoms with Gasteiger partial charge in [-0.05, 0) is 25.3 Å². The van der Waals surface area contributed by atoms with Crippen LogP contribution in [0.3, 0.4) is 0 Å². The average Bonchev–Trinajstić information content (AvgIpc) is 2.74. The Kier molecular flexibility index (Phi) is 4.84. The molecule has 1 aromatic rings. The predicted octanol–water partition coefficient (Wildman–Crippen LogP) is 1.70. The second-order valence-corrected chi connectivity index (χ2v) is 8.64. The van der Waals surface area contributed by atoms with Crippen molar-refractivity contribution in [3.05, 3.63) is 24.0 Å². The third-order valence-electron chi connectivity index (χ3n) is 4.48. The van der Waals surface area contributed by atoms with E-state index in [9.17, 15) is 13.2 Å². The second-order valence-electron chi connectivity index (χ2n) is 6.41. The number of anilines is 1. The van der Waals surface area contributed by atoms with Crippen LogP contribution in [0.25, 0.3) is 0 Å². The van der Waals surface area contributed by atoms with Crippen LogP contribution in [-0.4, -0.2) is 54.8 Å². The zero-order valence-corrected chi connectivity index (χ0v) is 14.0. The van der Waals surface area contributed by atoms with Crippen molar-refractivity contribution in [2.24, 2.45) is 0 Å². The highest BCUT2D eigenvalue weighted by molar-refractivity contribution is 7.91. The number of hydrogen-bond acceptors (Lipinski definition) is 5. The molecule has 2 aliphatic heterocycles. The normalized spacial score (nSPS) is 24.2. The molecule has 1 aromatic heterocycles. The molecule has 3 rings (SSSR count). The SMILES string of the molecule is O=C(c1cncc(NC2CCS(=O)(=O)C2)c1)N1CCCCCC1. The number of carbonyl (C=O) groups excluding carboxylic acids is 1. The second kappa shape index (κ2) is 6.86. The summed E-state index contributed by atoms with van der Waals surface area (Å²) in [6.45, 7) is 1.61. The first-order valence-electron chi connectivity index (χ1n) is 8.25. The molecule has 1 amide bonds. The lowest BCUT2D eigenvalue weighted by Gasteiger charge is -2.20. The largest absolute Gasteiger partial charge is 0.380 e. The lowest BCUT2D eigenvalue weighted by Crippen LogP contribution is -2.32. The van der Waals surface area contributed by atoms with E-state index in [1.165, 1.54) is 12.8 Å². The highest BCUT2D eigenvalue weighted by atomic mass is 32.2. The van der Waals surface area contributed by atoms with E-state index in [2.05, 4.69) is 10.3 Å². The van der Waals surface area contributed by atoms with Crippen molar-refractivity contribution in [1.82, 2.24) is 9.88 Å². The standard InChI is InChI=1S/C16H23N3O3S/c20-16(19-6-3-1-2-4-7-19)13-9-15(11-17-10-13)18-14-5-8-23(21,22)12-14/h9-11,14,18H,1-8,12H2. The quantitative estimate of drug-likeness (QED) is 0.908. The maximum Gasteiger partial charge on any atom is 0.255 e. The van der Waals surface area contributed by atoms with Crippen molar-refractivity contribution in [3.8, 4) is 0 Å². The number of nitrogens with one attached hydrogen (secondary N) is 1. The molecule has 2 saturated heterocycles. The topological polar surface area (TPSA) is 79.4 Å². The average molecular weight is 337 g/mol. The van der Waals surface area contributed by atoms with Gasteiger partial charge >= 0.3 is 0 Å². The summed E-state index contributed by atoms with van der Waals surface area (Å²) < 4.78 is 23.1. The van der Waals surface area contributed by atoms with Gasteiger partial charge in [0, 0.05) is 31.5 Å². The molecule has 2 aliphatic rings. The van der Waals surface area contributed by atoms with Gasteiger partial charge in [-0.2, -0.15) is 0 Å². The van der Waals surface area contributed by atoms with Gasteiger partial charge in [0.2, 0.25) is 0 Å². The zero-order chi connectivity index (χ0) is 16.3. The fraction of sp³-hybridized carbons (Fsp3) is 0.625. The molecule has 3 heterocycles. The number of rotatable bonds is 3. The predicted molar refractivity (Wildman–Crippen MR) is 89.3 cm³/mol. The van der Waals surface area contributed by atoms with E-state index < -0.39 is 9.84 Å². The van der Waals surface area contributed by atoms with Crippen LogP contribution in [0.5, 0.6) is 0 Å². The molecule has 0 bridgehead atoms. The fourth-order valence-electron chi connectivity index (χ4n) is 3.24. The van der Waals surface area contributed by atoms with Gasteiger partial charge in [-0.1, -0.05) is 12.8 Å². The molecule has 0 aromatic carbocycles. The Labute approximate surface area is 137 Å². The van der Waals surface area contributed by atoms with E-state index >= 15 is 0 Å². The minimum absolute atomic E-state index is 0.0158. The molecule has 0 spiro atoms. The van der Waals surface area contributed by atoms with Crippen LogP contribution in [0.4, 0.5) is 5.69 Å². The van der Waals surface area contributed by atoms with E-state index in [-0.39, 0.29) is 23.5 Å². The lowest BCUT2D eigenvalue weighted by atomic mass is 10.2. The van der Waals surface area contributed by atoms with Crippen LogP contribution in [0, 0.1) is 0 Å². The van der Waals surface area contributed by atoms with E-state index in [0.29, 0.717) is 17.7 Å². The summed E-state index contributed by atoms with van der Waals surface area (Å²) in [7, 11) is -2.92. The number of carbonyl (C=O) groups is 1. The minimum atomic E-state index is -2.92. The summed E-state index contributed by atoms with van der Waals surface area (Å²) >= 11 is 0. The van der Waals surface area contributed by atoms with Crippen molar-refractivity contribution in [3.63, 3.8) is 0 Å². The summed E-state index contributed by atoms with van der Waals surface area (Å²) in [6, 6.07) is 1.69. The molecule has 23 heavy (non-hydrogen) atoms. The van der Waals surface area contributed by atoms with Gasteiger partial charge in [-0.25, -0.2) is 8.42 Å². The van der Waals surface area contributed by atoms with Crippen LogP contribution in [0.2, 0.25) is 0 Å². The van der Waals surface area contributed by atoms with Crippen LogP contribution < -0.4 is 5.32 Å². The van der Waals surface area contributed by atoms with Crippen LogP contribution in [-0.2, 0) is 9.84 Å². The molecule has 1 N–H and O–H groups in total. The van der Waals surface area contributed by atoms with E-state index in [1.54, 1.807) is 18.5 Å². The maximum absolute atomic E-state index is 12.6. The smallest absolute Gasteiger partial charge is 0.255 e. The van der Waals surface area contributed by atoms with E-state index in [0.717, 1.165) is 25.9 Å². The summed E-state index contributed by atoms with van der Waals surface area (Å²) in [6.07, 6.45) is 8.30. The molecular formula is C16H23N3O3S. The Bertz CT molecular complexity index is 667. The summed E-state index contributed by atoms with van der Waals surface area (Å²) in [4.78, 5) is 18.6.